The average molecular weight is 266 g/mol. The lowest BCUT2D eigenvalue weighted by Gasteiger charge is -2.21. The highest BCUT2D eigenvalue weighted by Crippen LogP contribution is 2.17. The van der Waals surface area contributed by atoms with Crippen molar-refractivity contribution in [3.05, 3.63) is 29.8 Å². The van der Waals surface area contributed by atoms with Gasteiger partial charge >= 0.3 is 0 Å². The van der Waals surface area contributed by atoms with Crippen molar-refractivity contribution in [2.45, 2.75) is 26.7 Å². The van der Waals surface area contributed by atoms with Crippen LogP contribution < -0.4 is 5.32 Å². The Balaban J connectivity index is 2.67. The monoisotopic (exact) mass is 266 g/mol. The zero-order chi connectivity index (χ0) is 14.1. The fraction of sp³-hybridized carbons (Fsp3) is 0.600. The molecule has 0 heterocycles. The lowest BCUT2D eigenvalue weighted by atomic mass is 10.1. The van der Waals surface area contributed by atoms with Crippen molar-refractivity contribution in [2.75, 3.05) is 39.2 Å². The molecule has 0 saturated heterocycles. The number of benzene rings is 1. The number of para-hydroxylation sites is 1. The van der Waals surface area contributed by atoms with Crippen LogP contribution in [0.2, 0.25) is 0 Å². The molecule has 108 valence electrons. The molecule has 1 aromatic rings. The molecule has 4 nitrogen and oxygen atoms in total. The topological polar surface area (TPSA) is 33.7 Å². The maximum atomic E-state index is 5.19. The number of ether oxygens (including phenoxy) is 2. The summed E-state index contributed by atoms with van der Waals surface area (Å²) >= 11 is 0. The highest BCUT2D eigenvalue weighted by atomic mass is 16.7. The quantitative estimate of drug-likeness (QED) is 0.697. The smallest absolute Gasteiger partial charge is 0.173 e. The first-order chi connectivity index (χ1) is 9.24. The Morgan fingerprint density at radius 3 is 2.32 bits per heavy atom. The highest BCUT2D eigenvalue weighted by Gasteiger charge is 2.08. The number of hydrogen-bond acceptors (Lipinski definition) is 4. The Bertz CT molecular complexity index is 350. The molecule has 0 aliphatic heterocycles. The summed E-state index contributed by atoms with van der Waals surface area (Å²) in [6.45, 7) is 8.09. The molecule has 0 aromatic heterocycles. The summed E-state index contributed by atoms with van der Waals surface area (Å²) in [6, 6.07) is 8.38. The standard InChI is InChI=1S/C15H26N2O2/c1-5-17(6-2)12-13-9-7-8-10-14(13)16-11-15(18-3)19-4/h7-10,15-16H,5-6,11-12H2,1-4H3. The van der Waals surface area contributed by atoms with E-state index in [-0.39, 0.29) is 6.29 Å². The maximum absolute atomic E-state index is 5.19. The molecule has 0 saturated carbocycles. The molecule has 0 aliphatic rings. The van der Waals surface area contributed by atoms with Crippen molar-refractivity contribution in [1.29, 1.82) is 0 Å². The van der Waals surface area contributed by atoms with Crippen molar-refractivity contribution in [3.63, 3.8) is 0 Å². The van der Waals surface area contributed by atoms with Crippen LogP contribution in [0.5, 0.6) is 0 Å². The fourth-order valence-corrected chi connectivity index (χ4v) is 1.97. The van der Waals surface area contributed by atoms with Gasteiger partial charge in [-0.05, 0) is 24.7 Å². The number of nitrogens with one attached hydrogen (secondary N) is 1. The number of nitrogens with zero attached hydrogens (tertiary/aromatic N) is 1. The van der Waals surface area contributed by atoms with E-state index < -0.39 is 0 Å². The zero-order valence-corrected chi connectivity index (χ0v) is 12.5. The number of anilines is 1. The van der Waals surface area contributed by atoms with Crippen LogP contribution in [0.15, 0.2) is 24.3 Å². The van der Waals surface area contributed by atoms with E-state index in [0.717, 1.165) is 25.3 Å². The second-order valence-electron chi connectivity index (χ2n) is 4.40. The molecule has 0 atom stereocenters. The minimum Gasteiger partial charge on any atom is -0.380 e. The highest BCUT2D eigenvalue weighted by molar-refractivity contribution is 5.51. The number of rotatable bonds is 9. The Morgan fingerprint density at radius 2 is 1.74 bits per heavy atom. The molecule has 0 spiro atoms. The molecule has 1 N–H and O–H groups in total. The van der Waals surface area contributed by atoms with Crippen molar-refractivity contribution in [3.8, 4) is 0 Å². The second kappa shape index (κ2) is 8.91. The van der Waals surface area contributed by atoms with E-state index in [1.807, 2.05) is 6.07 Å². The van der Waals surface area contributed by atoms with Crippen molar-refractivity contribution in [1.82, 2.24) is 4.90 Å². The van der Waals surface area contributed by atoms with Crippen LogP contribution in [0.25, 0.3) is 0 Å². The molecule has 0 fully saturated rings. The lowest BCUT2D eigenvalue weighted by molar-refractivity contribution is -0.0914. The summed E-state index contributed by atoms with van der Waals surface area (Å²) in [5.41, 5.74) is 2.45. The van der Waals surface area contributed by atoms with E-state index in [2.05, 4.69) is 42.3 Å². The predicted octanol–water partition coefficient (Wildman–Crippen LogP) is 2.56. The van der Waals surface area contributed by atoms with Crippen molar-refractivity contribution < 1.29 is 9.47 Å². The predicted molar refractivity (Wildman–Crippen MR) is 79.4 cm³/mol. The van der Waals surface area contributed by atoms with Crippen LogP contribution >= 0.6 is 0 Å². The van der Waals surface area contributed by atoms with Gasteiger partial charge in [-0.1, -0.05) is 32.0 Å². The summed E-state index contributed by atoms with van der Waals surface area (Å²) in [7, 11) is 3.30. The van der Waals surface area contributed by atoms with Gasteiger partial charge in [0.05, 0.1) is 6.54 Å². The molecule has 1 aromatic carbocycles. The van der Waals surface area contributed by atoms with Gasteiger partial charge in [0.1, 0.15) is 0 Å². The summed E-state index contributed by atoms with van der Waals surface area (Å²) in [6.07, 6.45) is -0.221. The third-order valence-corrected chi connectivity index (χ3v) is 3.29. The van der Waals surface area contributed by atoms with Gasteiger partial charge in [-0.25, -0.2) is 0 Å². The van der Waals surface area contributed by atoms with Gasteiger partial charge < -0.3 is 14.8 Å². The molecule has 0 unspecified atom stereocenters. The minimum absolute atomic E-state index is 0.221. The third kappa shape index (κ3) is 5.19. The first kappa shape index (κ1) is 16.0. The van der Waals surface area contributed by atoms with Crippen LogP contribution in [-0.4, -0.2) is 45.0 Å². The normalized spacial score (nSPS) is 11.3. The van der Waals surface area contributed by atoms with Gasteiger partial charge in [0.25, 0.3) is 0 Å². The molecular formula is C15H26N2O2. The summed E-state index contributed by atoms with van der Waals surface area (Å²) in [5.74, 6) is 0. The summed E-state index contributed by atoms with van der Waals surface area (Å²) in [4.78, 5) is 2.39. The Labute approximate surface area is 116 Å². The molecule has 1 rings (SSSR count). The molecule has 0 aliphatic carbocycles. The Hall–Kier alpha value is -1.10. The van der Waals surface area contributed by atoms with Crippen LogP contribution in [0, 0.1) is 0 Å². The molecule has 0 radical (unpaired) electrons. The van der Waals surface area contributed by atoms with E-state index in [1.165, 1.54) is 5.56 Å². The summed E-state index contributed by atoms with van der Waals surface area (Å²) < 4.78 is 10.4. The SMILES string of the molecule is CCN(CC)Cc1ccccc1NCC(OC)OC. The minimum atomic E-state index is -0.221. The Morgan fingerprint density at radius 1 is 1.11 bits per heavy atom. The van der Waals surface area contributed by atoms with E-state index in [9.17, 15) is 0 Å². The molecule has 4 heteroatoms. The largest absolute Gasteiger partial charge is 0.380 e. The number of methoxy groups -OCH3 is 2. The molecular weight excluding hydrogens is 240 g/mol. The second-order valence-corrected chi connectivity index (χ2v) is 4.40. The van der Waals surface area contributed by atoms with Gasteiger partial charge in [-0.2, -0.15) is 0 Å². The molecule has 0 bridgehead atoms. The zero-order valence-electron chi connectivity index (χ0n) is 12.5. The Kier molecular flexibility index (Phi) is 7.48. The van der Waals surface area contributed by atoms with E-state index in [4.69, 9.17) is 9.47 Å². The van der Waals surface area contributed by atoms with Gasteiger partial charge in [0.15, 0.2) is 6.29 Å². The van der Waals surface area contributed by atoms with E-state index >= 15 is 0 Å². The van der Waals surface area contributed by atoms with Crippen LogP contribution in [0.1, 0.15) is 19.4 Å². The van der Waals surface area contributed by atoms with E-state index in [1.54, 1.807) is 14.2 Å². The molecule has 19 heavy (non-hydrogen) atoms. The van der Waals surface area contributed by atoms with Gasteiger partial charge in [0.2, 0.25) is 0 Å². The maximum Gasteiger partial charge on any atom is 0.173 e. The fourth-order valence-electron chi connectivity index (χ4n) is 1.97. The van der Waals surface area contributed by atoms with Crippen LogP contribution in [0.3, 0.4) is 0 Å². The first-order valence-corrected chi connectivity index (χ1v) is 6.84. The summed E-state index contributed by atoms with van der Waals surface area (Å²) in [5, 5.41) is 3.39. The third-order valence-electron chi connectivity index (χ3n) is 3.29. The van der Waals surface area contributed by atoms with Crippen molar-refractivity contribution >= 4 is 5.69 Å². The van der Waals surface area contributed by atoms with Crippen LogP contribution in [-0.2, 0) is 16.0 Å². The van der Waals surface area contributed by atoms with Crippen LogP contribution in [0.4, 0.5) is 5.69 Å². The van der Waals surface area contributed by atoms with Crippen molar-refractivity contribution in [2.24, 2.45) is 0 Å². The molecule has 0 amide bonds. The van der Waals surface area contributed by atoms with E-state index in [0.29, 0.717) is 6.54 Å². The van der Waals surface area contributed by atoms with Gasteiger partial charge in [-0.3, -0.25) is 4.90 Å². The number of hydrogen-bond donors (Lipinski definition) is 1. The average Bonchev–Trinajstić information content (AvgIpc) is 2.47. The lowest BCUT2D eigenvalue weighted by Crippen LogP contribution is -2.25. The first-order valence-electron chi connectivity index (χ1n) is 6.84. The van der Waals surface area contributed by atoms with Gasteiger partial charge in [-0.15, -0.1) is 0 Å². The van der Waals surface area contributed by atoms with Gasteiger partial charge in [0, 0.05) is 26.5 Å².